The maximum Gasteiger partial charge on any atom is 0.414 e. The van der Waals surface area contributed by atoms with E-state index in [2.05, 4.69) is 16.5 Å². The van der Waals surface area contributed by atoms with Gasteiger partial charge in [0.25, 0.3) is 5.91 Å². The Balaban J connectivity index is 1.15. The minimum Gasteiger partial charge on any atom is -0.490 e. The Kier molecular flexibility index (Phi) is 9.93. The first-order valence-corrected chi connectivity index (χ1v) is 16.6. The molecule has 0 unspecified atom stereocenters. The van der Waals surface area contributed by atoms with Crippen LogP contribution in [0.15, 0.2) is 67.0 Å². The van der Waals surface area contributed by atoms with Crippen molar-refractivity contribution in [2.75, 3.05) is 31.8 Å². The van der Waals surface area contributed by atoms with Crippen molar-refractivity contribution >= 4 is 46.9 Å². The van der Waals surface area contributed by atoms with E-state index >= 15 is 0 Å². The second-order valence-corrected chi connectivity index (χ2v) is 12.8. The first-order valence-electron chi connectivity index (χ1n) is 15.8. The Bertz CT molecular complexity index is 1860. The molecule has 1 aromatic heterocycles. The van der Waals surface area contributed by atoms with E-state index in [1.54, 1.807) is 47.0 Å². The maximum absolute atomic E-state index is 13.3. The number of hydrogen-bond acceptors (Lipinski definition) is 7. The molecule has 1 N–H and O–H groups in total. The second kappa shape index (κ2) is 14.3. The molecule has 1 fully saturated rings. The molecule has 0 radical (unpaired) electrons. The molecule has 12 heteroatoms. The normalized spacial score (nSPS) is 16.7. The summed E-state index contributed by atoms with van der Waals surface area (Å²) in [7, 11) is 1.29. The maximum atomic E-state index is 13.3. The zero-order chi connectivity index (χ0) is 33.9. The monoisotopic (exact) mass is 690 g/mol. The van der Waals surface area contributed by atoms with Crippen LogP contribution < -0.4 is 15.0 Å². The molecular formula is C36H36Cl2N4O6. The van der Waals surface area contributed by atoms with Gasteiger partial charge in [0.05, 0.1) is 25.5 Å². The Morgan fingerprint density at radius 1 is 1.06 bits per heavy atom. The molecule has 48 heavy (non-hydrogen) atoms. The molecule has 10 nitrogen and oxygen atoms in total. The van der Waals surface area contributed by atoms with Crippen LogP contribution in [0.5, 0.6) is 5.75 Å². The van der Waals surface area contributed by atoms with Crippen LogP contribution in [-0.2, 0) is 20.8 Å². The van der Waals surface area contributed by atoms with Gasteiger partial charge in [-0.15, -0.1) is 0 Å². The fourth-order valence-corrected chi connectivity index (χ4v) is 6.50. The highest BCUT2D eigenvalue weighted by molar-refractivity contribution is 6.31. The van der Waals surface area contributed by atoms with Crippen LogP contribution in [0, 0.1) is 12.8 Å². The third-order valence-electron chi connectivity index (χ3n) is 8.87. The topological polar surface area (TPSA) is 112 Å². The van der Waals surface area contributed by atoms with Crippen LogP contribution in [0.2, 0.25) is 10.0 Å². The minimum absolute atomic E-state index is 0.104. The van der Waals surface area contributed by atoms with Gasteiger partial charge < -0.3 is 19.5 Å². The summed E-state index contributed by atoms with van der Waals surface area (Å²) < 4.78 is 18.0. The number of methoxy groups -OCH3 is 1. The lowest BCUT2D eigenvalue weighted by atomic mass is 9.93. The molecule has 1 aliphatic heterocycles. The number of rotatable bonds is 11. The SMILES string of the molecule is CC[C@@H](NC(=O)c1ccc(Cl)c(Cn2cc(-c3cccc4c3[C@H]3C[C@H]3CN4C(=O)OCCOc3cccc(Cl)c3C)cn2)c1)C(=O)OC. The van der Waals surface area contributed by atoms with E-state index in [4.69, 9.17) is 37.4 Å². The zero-order valence-corrected chi connectivity index (χ0v) is 28.4. The molecule has 6 rings (SSSR count). The quantitative estimate of drug-likeness (QED) is 0.133. The molecule has 3 atom stereocenters. The number of fused-ring (bicyclic) bond motifs is 3. The zero-order valence-electron chi connectivity index (χ0n) is 26.9. The molecule has 4 aromatic rings. The molecule has 2 aliphatic rings. The molecule has 250 valence electrons. The number of nitrogens with one attached hydrogen (secondary N) is 1. The van der Waals surface area contributed by atoms with Crippen molar-refractivity contribution in [2.45, 2.75) is 45.2 Å². The molecule has 2 heterocycles. The molecule has 3 aromatic carbocycles. The van der Waals surface area contributed by atoms with E-state index in [0.717, 1.165) is 34.4 Å². The number of anilines is 1. The van der Waals surface area contributed by atoms with E-state index < -0.39 is 24.0 Å². The highest BCUT2D eigenvalue weighted by atomic mass is 35.5. The summed E-state index contributed by atoms with van der Waals surface area (Å²) in [5.74, 6) is 0.492. The van der Waals surface area contributed by atoms with Gasteiger partial charge in [0.2, 0.25) is 0 Å². The number of carbonyl (C=O) groups excluding carboxylic acids is 3. The number of halogens is 2. The minimum atomic E-state index is -0.742. The van der Waals surface area contributed by atoms with E-state index in [1.807, 2.05) is 37.4 Å². The fraction of sp³-hybridized carbons (Fsp3) is 0.333. The number of esters is 1. The van der Waals surface area contributed by atoms with Gasteiger partial charge in [-0.25, -0.2) is 9.59 Å². The summed E-state index contributed by atoms with van der Waals surface area (Å²) in [5, 5.41) is 8.42. The Hall–Kier alpha value is -4.54. The molecule has 2 amide bonds. The summed E-state index contributed by atoms with van der Waals surface area (Å²) in [6, 6.07) is 15.6. The van der Waals surface area contributed by atoms with Crippen LogP contribution in [-0.4, -0.2) is 60.7 Å². The van der Waals surface area contributed by atoms with E-state index in [-0.39, 0.29) is 13.2 Å². The molecule has 1 aliphatic carbocycles. The Morgan fingerprint density at radius 3 is 2.67 bits per heavy atom. The standard InChI is InChI=1S/C36H36Cl2N4O6/c1-4-30(35(44)46-3)40-34(43)22-11-12-29(38)24(15-22)18-41-19-25(17-39-41)26-7-5-9-31-33(26)27-16-23(27)20-42(31)36(45)48-14-13-47-32-10-6-8-28(37)21(32)2/h5-12,15,17,19,23,27,30H,4,13-14,16,18,20H2,1-3H3,(H,40,43)/t23-,27-,30+/m0/s1. The van der Waals surface area contributed by atoms with Gasteiger partial charge in [0.1, 0.15) is 25.0 Å². The van der Waals surface area contributed by atoms with Crippen LogP contribution in [0.4, 0.5) is 10.5 Å². The smallest absolute Gasteiger partial charge is 0.414 e. The Labute approximate surface area is 288 Å². The molecular weight excluding hydrogens is 655 g/mol. The number of hydrogen-bond donors (Lipinski definition) is 1. The van der Waals surface area contributed by atoms with Crippen molar-refractivity contribution in [3.63, 3.8) is 0 Å². The number of amides is 2. The predicted molar refractivity (Wildman–Crippen MR) is 183 cm³/mol. The summed E-state index contributed by atoms with van der Waals surface area (Å²) in [6.45, 7) is 4.92. The van der Waals surface area contributed by atoms with Crippen LogP contribution in [0.3, 0.4) is 0 Å². The van der Waals surface area contributed by atoms with Crippen molar-refractivity contribution in [2.24, 2.45) is 5.92 Å². The van der Waals surface area contributed by atoms with Gasteiger partial charge in [-0.3, -0.25) is 14.4 Å². The average Bonchev–Trinajstić information content (AvgIpc) is 3.74. The van der Waals surface area contributed by atoms with Crippen LogP contribution >= 0.6 is 23.2 Å². The lowest BCUT2D eigenvalue weighted by Crippen LogP contribution is -2.41. The first kappa shape index (κ1) is 33.4. The number of ether oxygens (including phenoxy) is 3. The fourth-order valence-electron chi connectivity index (χ4n) is 6.15. The molecule has 1 saturated carbocycles. The summed E-state index contributed by atoms with van der Waals surface area (Å²) in [4.78, 5) is 39.9. The van der Waals surface area contributed by atoms with Gasteiger partial charge in [0.15, 0.2) is 0 Å². The van der Waals surface area contributed by atoms with Crippen molar-refractivity contribution in [1.29, 1.82) is 0 Å². The van der Waals surface area contributed by atoms with Gasteiger partial charge in [-0.2, -0.15) is 5.10 Å². The summed E-state index contributed by atoms with van der Waals surface area (Å²) >= 11 is 12.7. The lowest BCUT2D eigenvalue weighted by Gasteiger charge is -2.29. The van der Waals surface area contributed by atoms with Crippen molar-refractivity contribution in [3.05, 3.63) is 99.3 Å². The van der Waals surface area contributed by atoms with Crippen molar-refractivity contribution in [1.82, 2.24) is 15.1 Å². The van der Waals surface area contributed by atoms with Gasteiger partial charge in [0, 0.05) is 39.5 Å². The summed E-state index contributed by atoms with van der Waals surface area (Å²) in [5.41, 5.74) is 5.79. The van der Waals surface area contributed by atoms with Gasteiger partial charge >= 0.3 is 12.1 Å². The molecule has 0 saturated heterocycles. The van der Waals surface area contributed by atoms with Crippen LogP contribution in [0.25, 0.3) is 11.1 Å². The van der Waals surface area contributed by atoms with E-state index in [1.165, 1.54) is 7.11 Å². The van der Waals surface area contributed by atoms with Crippen molar-refractivity contribution < 1.29 is 28.6 Å². The van der Waals surface area contributed by atoms with Crippen LogP contribution in [0.1, 0.15) is 52.7 Å². The number of nitrogens with zero attached hydrogens (tertiary/aromatic N) is 3. The Morgan fingerprint density at radius 2 is 1.88 bits per heavy atom. The van der Waals surface area contributed by atoms with Crippen molar-refractivity contribution in [3.8, 4) is 16.9 Å². The molecule has 0 spiro atoms. The highest BCUT2D eigenvalue weighted by Crippen LogP contribution is 2.57. The number of carbonyl (C=O) groups is 3. The predicted octanol–water partition coefficient (Wildman–Crippen LogP) is 7.03. The average molecular weight is 692 g/mol. The number of benzene rings is 3. The lowest BCUT2D eigenvalue weighted by molar-refractivity contribution is -0.142. The highest BCUT2D eigenvalue weighted by Gasteiger charge is 2.48. The number of aromatic nitrogens is 2. The van der Waals surface area contributed by atoms with Gasteiger partial charge in [-0.1, -0.05) is 48.3 Å². The third kappa shape index (κ3) is 7.00. The first-order chi connectivity index (χ1) is 23.2. The van der Waals surface area contributed by atoms with Gasteiger partial charge in [-0.05, 0) is 84.7 Å². The van der Waals surface area contributed by atoms with E-state index in [0.29, 0.717) is 58.3 Å². The third-order valence-corrected chi connectivity index (χ3v) is 9.65. The van der Waals surface area contributed by atoms with E-state index in [9.17, 15) is 14.4 Å². The molecule has 0 bridgehead atoms. The second-order valence-electron chi connectivity index (χ2n) is 12.0. The largest absolute Gasteiger partial charge is 0.490 e. The summed E-state index contributed by atoms with van der Waals surface area (Å²) in [6.07, 6.45) is 4.73.